The van der Waals surface area contributed by atoms with Gasteiger partial charge in [0.05, 0.1) is 24.6 Å². The average molecular weight is 308 g/mol. The Morgan fingerprint density at radius 1 is 1.55 bits per heavy atom. The number of carbonyl (C=O) groups is 1. The lowest BCUT2D eigenvalue weighted by atomic mass is 10.2. The highest BCUT2D eigenvalue weighted by Gasteiger charge is 2.21. The van der Waals surface area contributed by atoms with Gasteiger partial charge in [-0.25, -0.2) is 4.68 Å². The van der Waals surface area contributed by atoms with Crippen molar-refractivity contribution in [3.63, 3.8) is 0 Å². The van der Waals surface area contributed by atoms with Gasteiger partial charge in [0.25, 0.3) is 5.56 Å². The second-order valence-corrected chi connectivity index (χ2v) is 5.50. The number of nitrogens with zero attached hydrogens (tertiary/aromatic N) is 3. The van der Waals surface area contributed by atoms with Gasteiger partial charge < -0.3 is 15.0 Å². The molecule has 1 aromatic heterocycles. The van der Waals surface area contributed by atoms with E-state index in [2.05, 4.69) is 15.3 Å². The zero-order valence-electron chi connectivity index (χ0n) is 13.2. The lowest BCUT2D eigenvalue weighted by Gasteiger charge is -2.34. The Bertz CT molecular complexity index is 558. The van der Waals surface area contributed by atoms with Gasteiger partial charge in [-0.2, -0.15) is 5.10 Å². The van der Waals surface area contributed by atoms with Crippen molar-refractivity contribution in [2.75, 3.05) is 31.1 Å². The number of rotatable bonds is 6. The summed E-state index contributed by atoms with van der Waals surface area (Å²) in [4.78, 5) is 25.2. The molecule has 2 rings (SSSR count). The first kappa shape index (κ1) is 16.5. The Morgan fingerprint density at radius 3 is 3.09 bits per heavy atom. The van der Waals surface area contributed by atoms with E-state index in [1.807, 2.05) is 6.92 Å². The summed E-state index contributed by atoms with van der Waals surface area (Å²) in [5.41, 5.74) is 0.707. The van der Waals surface area contributed by atoms with E-state index in [1.165, 1.54) is 4.68 Å². The third-order valence-electron chi connectivity index (χ3n) is 3.72. The van der Waals surface area contributed by atoms with E-state index in [-0.39, 0.29) is 17.6 Å². The second-order valence-electron chi connectivity index (χ2n) is 5.50. The predicted octanol–water partition coefficient (Wildman–Crippen LogP) is 0.292. The minimum absolute atomic E-state index is 0.0553. The molecule has 122 valence electrons. The fourth-order valence-electron chi connectivity index (χ4n) is 2.45. The molecule has 1 atom stereocenters. The average Bonchev–Trinajstić information content (AvgIpc) is 2.51. The van der Waals surface area contributed by atoms with Gasteiger partial charge in [-0.15, -0.1) is 0 Å². The van der Waals surface area contributed by atoms with E-state index >= 15 is 0 Å². The van der Waals surface area contributed by atoms with Gasteiger partial charge in [0, 0.05) is 39.2 Å². The normalized spacial score (nSPS) is 18.3. The van der Waals surface area contributed by atoms with E-state index < -0.39 is 0 Å². The maximum absolute atomic E-state index is 11.7. The zero-order valence-corrected chi connectivity index (χ0v) is 13.2. The largest absolute Gasteiger partial charge is 0.374 e. The van der Waals surface area contributed by atoms with Crippen molar-refractivity contribution >= 4 is 11.6 Å². The molecule has 0 bridgehead atoms. The van der Waals surface area contributed by atoms with Gasteiger partial charge in [-0.3, -0.25) is 9.59 Å². The van der Waals surface area contributed by atoms with Crippen LogP contribution in [0.4, 0.5) is 5.69 Å². The molecule has 1 aliphatic heterocycles. The van der Waals surface area contributed by atoms with E-state index in [4.69, 9.17) is 4.74 Å². The van der Waals surface area contributed by atoms with Gasteiger partial charge in [-0.05, 0) is 12.8 Å². The van der Waals surface area contributed by atoms with E-state index in [1.54, 1.807) is 19.3 Å². The molecule has 0 unspecified atom stereocenters. The maximum Gasteiger partial charge on any atom is 0.268 e. The molecule has 0 aromatic carbocycles. The quantitative estimate of drug-likeness (QED) is 0.817. The highest BCUT2D eigenvalue weighted by Crippen LogP contribution is 2.16. The lowest BCUT2D eigenvalue weighted by molar-refractivity contribution is -0.121. The standard InChI is InChI=1S/C15H24N4O3/c1-3-4-14(20)16-6-5-13-11-19(7-8-22-13)12-9-15(21)18(2)17-10-12/h9-10,13H,3-8,11H2,1-2H3,(H,16,20)/t13-/m0/s1. The van der Waals surface area contributed by atoms with E-state index in [0.717, 1.165) is 25.1 Å². The molecule has 1 aromatic rings. The molecular formula is C15H24N4O3. The lowest BCUT2D eigenvalue weighted by Crippen LogP contribution is -2.44. The number of anilines is 1. The monoisotopic (exact) mass is 308 g/mol. The number of morpholine rings is 1. The van der Waals surface area contributed by atoms with Crippen LogP contribution < -0.4 is 15.8 Å². The Kier molecular flexibility index (Phi) is 5.94. The molecule has 0 radical (unpaired) electrons. The fraction of sp³-hybridized carbons (Fsp3) is 0.667. The molecule has 0 spiro atoms. The molecule has 2 heterocycles. The molecule has 0 aliphatic carbocycles. The first-order valence-corrected chi connectivity index (χ1v) is 7.76. The number of hydrogen-bond acceptors (Lipinski definition) is 5. The SMILES string of the molecule is CCCC(=O)NCC[C@H]1CN(c2cnn(C)c(=O)c2)CCO1. The number of ether oxygens (including phenoxy) is 1. The number of carbonyl (C=O) groups excluding carboxylic acids is 1. The van der Waals surface area contributed by atoms with Crippen molar-refractivity contribution in [3.8, 4) is 0 Å². The molecule has 1 amide bonds. The Balaban J connectivity index is 1.85. The number of aryl methyl sites for hydroxylation is 1. The number of aromatic nitrogens is 2. The van der Waals surface area contributed by atoms with Crippen LogP contribution in [0.15, 0.2) is 17.1 Å². The molecule has 7 nitrogen and oxygen atoms in total. The van der Waals surface area contributed by atoms with E-state index in [0.29, 0.717) is 26.1 Å². The number of amides is 1. The van der Waals surface area contributed by atoms with Crippen LogP contribution in [0.3, 0.4) is 0 Å². The topological polar surface area (TPSA) is 76.5 Å². The van der Waals surface area contributed by atoms with Crippen LogP contribution in [-0.2, 0) is 16.6 Å². The minimum atomic E-state index is -0.118. The molecule has 0 saturated carbocycles. The summed E-state index contributed by atoms with van der Waals surface area (Å²) < 4.78 is 7.04. The molecule has 1 N–H and O–H groups in total. The van der Waals surface area contributed by atoms with Gasteiger partial charge in [-0.1, -0.05) is 6.92 Å². The number of nitrogens with one attached hydrogen (secondary N) is 1. The molecular weight excluding hydrogens is 284 g/mol. The van der Waals surface area contributed by atoms with Crippen molar-refractivity contribution in [1.29, 1.82) is 0 Å². The molecule has 22 heavy (non-hydrogen) atoms. The third-order valence-corrected chi connectivity index (χ3v) is 3.72. The molecule has 1 fully saturated rings. The van der Waals surface area contributed by atoms with Crippen LogP contribution in [0.2, 0.25) is 0 Å². The van der Waals surface area contributed by atoms with Crippen LogP contribution in [-0.4, -0.2) is 48.0 Å². The smallest absolute Gasteiger partial charge is 0.268 e. The van der Waals surface area contributed by atoms with Crippen LogP contribution >= 0.6 is 0 Å². The van der Waals surface area contributed by atoms with Crippen molar-refractivity contribution in [2.45, 2.75) is 32.3 Å². The van der Waals surface area contributed by atoms with Gasteiger partial charge in [0.15, 0.2) is 0 Å². The first-order chi connectivity index (χ1) is 10.6. The van der Waals surface area contributed by atoms with Crippen molar-refractivity contribution < 1.29 is 9.53 Å². The summed E-state index contributed by atoms with van der Waals surface area (Å²) in [6, 6.07) is 1.60. The zero-order chi connectivity index (χ0) is 15.9. The minimum Gasteiger partial charge on any atom is -0.374 e. The summed E-state index contributed by atoms with van der Waals surface area (Å²) in [5.74, 6) is 0.0888. The summed E-state index contributed by atoms with van der Waals surface area (Å²) in [7, 11) is 1.63. The summed E-state index contributed by atoms with van der Waals surface area (Å²) in [5, 5.41) is 6.95. The Morgan fingerprint density at radius 2 is 2.36 bits per heavy atom. The maximum atomic E-state index is 11.7. The van der Waals surface area contributed by atoms with Crippen LogP contribution in [0.25, 0.3) is 0 Å². The first-order valence-electron chi connectivity index (χ1n) is 7.76. The van der Waals surface area contributed by atoms with Crippen LogP contribution in [0.1, 0.15) is 26.2 Å². The third kappa shape index (κ3) is 4.56. The van der Waals surface area contributed by atoms with Gasteiger partial charge in [0.1, 0.15) is 0 Å². The second kappa shape index (κ2) is 7.93. The Hall–Kier alpha value is -1.89. The molecule has 7 heteroatoms. The number of hydrogen-bond donors (Lipinski definition) is 1. The summed E-state index contributed by atoms with van der Waals surface area (Å²) in [6.07, 6.45) is 3.95. The van der Waals surface area contributed by atoms with Crippen molar-refractivity contribution in [3.05, 3.63) is 22.6 Å². The highest BCUT2D eigenvalue weighted by atomic mass is 16.5. The van der Waals surface area contributed by atoms with Gasteiger partial charge in [0.2, 0.25) is 5.91 Å². The predicted molar refractivity (Wildman–Crippen MR) is 84.0 cm³/mol. The summed E-state index contributed by atoms with van der Waals surface area (Å²) >= 11 is 0. The van der Waals surface area contributed by atoms with Gasteiger partial charge >= 0.3 is 0 Å². The van der Waals surface area contributed by atoms with Crippen molar-refractivity contribution in [1.82, 2.24) is 15.1 Å². The molecule has 1 aliphatic rings. The summed E-state index contributed by atoms with van der Waals surface area (Å²) in [6.45, 7) is 4.67. The Labute approximate surface area is 130 Å². The van der Waals surface area contributed by atoms with E-state index in [9.17, 15) is 9.59 Å². The van der Waals surface area contributed by atoms with Crippen LogP contribution in [0.5, 0.6) is 0 Å². The fourth-order valence-corrected chi connectivity index (χ4v) is 2.45. The van der Waals surface area contributed by atoms with Crippen LogP contribution in [0, 0.1) is 0 Å². The molecule has 1 saturated heterocycles. The van der Waals surface area contributed by atoms with Crippen molar-refractivity contribution in [2.24, 2.45) is 7.05 Å². The highest BCUT2D eigenvalue weighted by molar-refractivity contribution is 5.75.